The number of urea groups is 1. The highest BCUT2D eigenvalue weighted by Gasteiger charge is 2.42. The van der Waals surface area contributed by atoms with Crippen molar-refractivity contribution in [3.8, 4) is 0 Å². The van der Waals surface area contributed by atoms with E-state index in [9.17, 15) is 18.8 Å². The molecule has 0 bridgehead atoms. The number of primary amides is 1. The van der Waals surface area contributed by atoms with Crippen molar-refractivity contribution < 1.29 is 18.8 Å². The minimum atomic E-state index is -1.33. The number of alkyl halides is 1. The van der Waals surface area contributed by atoms with Crippen LogP contribution >= 0.6 is 0 Å². The van der Waals surface area contributed by atoms with Gasteiger partial charge in [0.25, 0.3) is 0 Å². The van der Waals surface area contributed by atoms with Crippen LogP contribution in [0.1, 0.15) is 55.8 Å². The van der Waals surface area contributed by atoms with E-state index in [1.807, 2.05) is 54.6 Å². The summed E-state index contributed by atoms with van der Waals surface area (Å²) in [5.41, 5.74) is 8.23. The molecule has 0 spiro atoms. The van der Waals surface area contributed by atoms with Crippen molar-refractivity contribution in [2.45, 2.75) is 57.4 Å². The number of likely N-dealkylation sites (N-methyl/N-ethyl adjacent to an activating group) is 1. The fraction of sp³-hybridized carbons (Fsp3) is 0.423. The van der Waals surface area contributed by atoms with Crippen LogP contribution in [0.4, 0.5) is 9.18 Å². The SMILES string of the molecule is CC(C)c1ccc([C@@H](NC(=O)[C@@H]2C[C@@H](F)CN2C(=O)[C@@H](C)N(C)C(N)=O)c2ccccc2)cc1. The average Bonchev–Trinajstić information content (AvgIpc) is 3.23. The van der Waals surface area contributed by atoms with Crippen LogP contribution in [0.15, 0.2) is 54.6 Å². The predicted molar refractivity (Wildman–Crippen MR) is 129 cm³/mol. The summed E-state index contributed by atoms with van der Waals surface area (Å²) in [6.45, 7) is 5.53. The molecule has 4 atom stereocenters. The second-order valence-electron chi connectivity index (χ2n) is 9.14. The van der Waals surface area contributed by atoms with Crippen LogP contribution in [0.3, 0.4) is 0 Å². The fourth-order valence-corrected chi connectivity index (χ4v) is 4.19. The molecule has 1 aliphatic rings. The molecule has 3 rings (SSSR count). The summed E-state index contributed by atoms with van der Waals surface area (Å²) in [4.78, 5) is 40.2. The molecule has 34 heavy (non-hydrogen) atoms. The maximum absolute atomic E-state index is 14.4. The van der Waals surface area contributed by atoms with Crippen molar-refractivity contribution in [2.75, 3.05) is 13.6 Å². The molecule has 0 unspecified atom stereocenters. The van der Waals surface area contributed by atoms with Crippen molar-refractivity contribution in [2.24, 2.45) is 5.73 Å². The van der Waals surface area contributed by atoms with Crippen LogP contribution in [0.5, 0.6) is 0 Å². The summed E-state index contributed by atoms with van der Waals surface area (Å²) in [5.74, 6) is -0.581. The maximum Gasteiger partial charge on any atom is 0.315 e. The molecule has 3 N–H and O–H groups in total. The number of nitrogens with two attached hydrogens (primary N) is 1. The highest BCUT2D eigenvalue weighted by atomic mass is 19.1. The van der Waals surface area contributed by atoms with E-state index >= 15 is 0 Å². The van der Waals surface area contributed by atoms with Gasteiger partial charge in [-0.2, -0.15) is 0 Å². The summed E-state index contributed by atoms with van der Waals surface area (Å²) < 4.78 is 14.4. The van der Waals surface area contributed by atoms with E-state index in [2.05, 4.69) is 19.2 Å². The van der Waals surface area contributed by atoms with E-state index in [0.29, 0.717) is 5.92 Å². The Balaban J connectivity index is 1.86. The molecule has 1 fully saturated rings. The molecule has 4 amide bonds. The lowest BCUT2D eigenvalue weighted by molar-refractivity contribution is -0.141. The molecule has 0 aromatic heterocycles. The second kappa shape index (κ2) is 10.7. The highest BCUT2D eigenvalue weighted by Crippen LogP contribution is 2.27. The highest BCUT2D eigenvalue weighted by molar-refractivity contribution is 5.92. The van der Waals surface area contributed by atoms with Crippen LogP contribution in [0.2, 0.25) is 0 Å². The Morgan fingerprint density at radius 2 is 1.56 bits per heavy atom. The van der Waals surface area contributed by atoms with Crippen molar-refractivity contribution >= 4 is 17.8 Å². The maximum atomic E-state index is 14.4. The molecule has 0 radical (unpaired) electrons. The smallest absolute Gasteiger partial charge is 0.315 e. The molecule has 182 valence electrons. The van der Waals surface area contributed by atoms with E-state index in [0.717, 1.165) is 16.0 Å². The Hall–Kier alpha value is -3.42. The van der Waals surface area contributed by atoms with Crippen molar-refractivity contribution in [3.63, 3.8) is 0 Å². The van der Waals surface area contributed by atoms with Crippen molar-refractivity contribution in [1.82, 2.24) is 15.1 Å². The third-order valence-electron chi connectivity index (χ3n) is 6.48. The summed E-state index contributed by atoms with van der Waals surface area (Å²) in [5, 5.41) is 3.03. The van der Waals surface area contributed by atoms with E-state index in [4.69, 9.17) is 5.73 Å². The van der Waals surface area contributed by atoms with Gasteiger partial charge in [-0.15, -0.1) is 0 Å². The fourth-order valence-electron chi connectivity index (χ4n) is 4.19. The van der Waals surface area contributed by atoms with E-state index in [-0.39, 0.29) is 13.0 Å². The molecule has 2 aromatic carbocycles. The predicted octanol–water partition coefficient (Wildman–Crippen LogP) is 3.35. The van der Waals surface area contributed by atoms with Gasteiger partial charge in [0.2, 0.25) is 11.8 Å². The van der Waals surface area contributed by atoms with E-state index < -0.39 is 42.1 Å². The number of nitrogens with one attached hydrogen (secondary N) is 1. The van der Waals surface area contributed by atoms with Gasteiger partial charge in [-0.1, -0.05) is 68.4 Å². The van der Waals surface area contributed by atoms with E-state index in [1.54, 1.807) is 0 Å². The molecular weight excluding hydrogens is 435 g/mol. The lowest BCUT2D eigenvalue weighted by Crippen LogP contribution is -2.54. The molecule has 7 nitrogen and oxygen atoms in total. The second-order valence-corrected chi connectivity index (χ2v) is 9.14. The van der Waals surface area contributed by atoms with Crippen molar-refractivity contribution in [3.05, 3.63) is 71.3 Å². The first-order valence-electron chi connectivity index (χ1n) is 11.5. The Morgan fingerprint density at radius 3 is 2.12 bits per heavy atom. The number of nitrogens with zero attached hydrogens (tertiary/aromatic N) is 2. The lowest BCUT2D eigenvalue weighted by Gasteiger charge is -2.31. The van der Waals surface area contributed by atoms with Crippen LogP contribution in [0.25, 0.3) is 0 Å². The number of carbonyl (C=O) groups is 3. The van der Waals surface area contributed by atoms with Gasteiger partial charge in [0, 0.05) is 13.5 Å². The van der Waals surface area contributed by atoms with Crippen LogP contribution < -0.4 is 11.1 Å². The zero-order valence-corrected chi connectivity index (χ0v) is 20.1. The monoisotopic (exact) mass is 468 g/mol. The molecule has 0 aliphatic carbocycles. The zero-order chi connectivity index (χ0) is 25.0. The van der Waals surface area contributed by atoms with Crippen LogP contribution in [0, 0.1) is 0 Å². The van der Waals surface area contributed by atoms with Gasteiger partial charge in [0.05, 0.1) is 12.6 Å². The summed E-state index contributed by atoms with van der Waals surface area (Å²) in [6.07, 6.45) is -1.43. The van der Waals surface area contributed by atoms with Gasteiger partial charge in [0.15, 0.2) is 0 Å². The Morgan fingerprint density at radius 1 is 1.00 bits per heavy atom. The summed E-state index contributed by atoms with van der Waals surface area (Å²) in [7, 11) is 1.40. The number of rotatable bonds is 7. The molecule has 1 saturated heterocycles. The standard InChI is InChI=1S/C26H33FN4O3/c1-16(2)18-10-12-20(13-11-18)23(19-8-6-5-7-9-19)29-24(32)22-14-21(27)15-31(22)25(33)17(3)30(4)26(28)34/h5-13,16-17,21-23H,14-15H2,1-4H3,(H2,28,34)(H,29,32)/t17-,21-,22+,23+/m1/s1. The number of amides is 4. The van der Waals surface area contributed by atoms with Gasteiger partial charge in [-0.3, -0.25) is 9.59 Å². The largest absolute Gasteiger partial charge is 0.351 e. The Bertz CT molecular complexity index is 1010. The van der Waals surface area contributed by atoms with Gasteiger partial charge in [-0.25, -0.2) is 9.18 Å². The first kappa shape index (κ1) is 25.2. The minimum absolute atomic E-state index is 0.0988. The topological polar surface area (TPSA) is 95.7 Å². The molecule has 8 heteroatoms. The number of hydrogen-bond acceptors (Lipinski definition) is 3. The van der Waals surface area contributed by atoms with Crippen LogP contribution in [-0.2, 0) is 9.59 Å². The third-order valence-corrected chi connectivity index (χ3v) is 6.48. The molecular formula is C26H33FN4O3. The van der Waals surface area contributed by atoms with Crippen molar-refractivity contribution in [1.29, 1.82) is 0 Å². The summed E-state index contributed by atoms with van der Waals surface area (Å²) >= 11 is 0. The summed E-state index contributed by atoms with van der Waals surface area (Å²) in [6, 6.07) is 14.4. The number of benzene rings is 2. The minimum Gasteiger partial charge on any atom is -0.351 e. The zero-order valence-electron chi connectivity index (χ0n) is 20.1. The molecule has 1 aliphatic heterocycles. The number of halogens is 1. The lowest BCUT2D eigenvalue weighted by atomic mass is 9.95. The first-order valence-corrected chi connectivity index (χ1v) is 11.5. The quantitative estimate of drug-likeness (QED) is 0.652. The Kier molecular flexibility index (Phi) is 7.91. The number of carbonyl (C=O) groups excluding carboxylic acids is 3. The van der Waals surface area contributed by atoms with Gasteiger partial charge in [-0.05, 0) is 29.5 Å². The van der Waals surface area contributed by atoms with Gasteiger partial charge >= 0.3 is 6.03 Å². The average molecular weight is 469 g/mol. The van der Waals surface area contributed by atoms with Gasteiger partial charge in [0.1, 0.15) is 18.3 Å². The number of likely N-dealkylation sites (tertiary alicyclic amines) is 1. The normalized spacial score (nSPS) is 19.5. The third kappa shape index (κ3) is 5.55. The number of hydrogen-bond donors (Lipinski definition) is 2. The molecule has 0 saturated carbocycles. The van der Waals surface area contributed by atoms with Gasteiger partial charge < -0.3 is 20.9 Å². The molecule has 1 heterocycles. The first-order chi connectivity index (χ1) is 16.1. The van der Waals surface area contributed by atoms with Crippen LogP contribution in [-0.4, -0.2) is 59.5 Å². The Labute approximate surface area is 200 Å². The molecule has 2 aromatic rings. The van der Waals surface area contributed by atoms with E-state index in [1.165, 1.54) is 24.4 Å².